The first-order chi connectivity index (χ1) is 14.7. The van der Waals surface area contributed by atoms with E-state index in [1.807, 2.05) is 0 Å². The first-order valence-corrected chi connectivity index (χ1v) is 9.49. The van der Waals surface area contributed by atoms with Crippen LogP contribution in [0.2, 0.25) is 0 Å². The van der Waals surface area contributed by atoms with Crippen LogP contribution in [-0.2, 0) is 0 Å². The van der Waals surface area contributed by atoms with Gasteiger partial charge < -0.3 is 9.84 Å². The van der Waals surface area contributed by atoms with Gasteiger partial charge in [-0.15, -0.1) is 0 Å². The Morgan fingerprint density at radius 3 is 2.74 bits per heavy atom. The highest BCUT2D eigenvalue weighted by molar-refractivity contribution is 5.92. The summed E-state index contributed by atoms with van der Waals surface area (Å²) >= 11 is 0. The molecule has 0 saturated carbocycles. The molecular weight excluding hydrogens is 412 g/mol. The molecule has 0 amide bonds. The van der Waals surface area contributed by atoms with Crippen LogP contribution in [0.5, 0.6) is 5.75 Å². The van der Waals surface area contributed by atoms with E-state index in [2.05, 4.69) is 9.98 Å². The normalized spacial score (nSPS) is 16.0. The fourth-order valence-corrected chi connectivity index (χ4v) is 3.43. The lowest BCUT2D eigenvalue weighted by Gasteiger charge is -2.29. The van der Waals surface area contributed by atoms with Crippen molar-refractivity contribution in [3.63, 3.8) is 0 Å². The molecule has 1 N–H and O–H groups in total. The van der Waals surface area contributed by atoms with Crippen molar-refractivity contribution in [2.24, 2.45) is 4.99 Å². The fourth-order valence-electron chi connectivity index (χ4n) is 3.43. The number of hydrogen-bond donors (Lipinski definition) is 1. The van der Waals surface area contributed by atoms with E-state index in [0.29, 0.717) is 17.1 Å². The summed E-state index contributed by atoms with van der Waals surface area (Å²) in [6.07, 6.45) is -3.95. The standard InChI is InChI=1S/C23H18F4N2O2/c1-14-5-7-17-19(3-2-4-20(17)29-14)28-13-22(30,23(25,26)27)12-15-9-10-31-21-8-6-16(24)11-18(15)21/h2-9,11,13,30H,10,12H2,1H3. The third kappa shape index (κ3) is 4.16. The number of pyridine rings is 1. The molecule has 2 heterocycles. The quantitative estimate of drug-likeness (QED) is 0.437. The molecule has 1 aliphatic rings. The summed E-state index contributed by atoms with van der Waals surface area (Å²) < 4.78 is 60.7. The summed E-state index contributed by atoms with van der Waals surface area (Å²) in [4.78, 5) is 8.31. The van der Waals surface area contributed by atoms with Crippen LogP contribution in [0.15, 0.2) is 59.6 Å². The minimum Gasteiger partial charge on any atom is -0.489 e. The van der Waals surface area contributed by atoms with Crippen molar-refractivity contribution in [2.45, 2.75) is 25.1 Å². The largest absolute Gasteiger partial charge is 0.489 e. The van der Waals surface area contributed by atoms with E-state index in [0.717, 1.165) is 17.8 Å². The maximum Gasteiger partial charge on any atom is 0.422 e. The van der Waals surface area contributed by atoms with Gasteiger partial charge in [-0.3, -0.25) is 9.98 Å². The summed E-state index contributed by atoms with van der Waals surface area (Å²) in [6.45, 7) is 1.83. The third-order valence-corrected chi connectivity index (χ3v) is 5.07. The second kappa shape index (κ2) is 7.77. The van der Waals surface area contributed by atoms with Gasteiger partial charge in [0, 0.05) is 29.3 Å². The van der Waals surface area contributed by atoms with E-state index in [1.54, 1.807) is 37.3 Å². The molecule has 0 fully saturated rings. The van der Waals surface area contributed by atoms with Crippen molar-refractivity contribution in [1.82, 2.24) is 4.98 Å². The Hall–Kier alpha value is -3.26. The number of aliphatic imine (C=N–C) groups is 1. The molecule has 3 aromatic rings. The van der Waals surface area contributed by atoms with Crippen LogP contribution >= 0.6 is 0 Å². The van der Waals surface area contributed by atoms with Crippen molar-refractivity contribution in [3.8, 4) is 5.75 Å². The van der Waals surface area contributed by atoms with Crippen molar-refractivity contribution < 1.29 is 27.4 Å². The Morgan fingerprint density at radius 2 is 1.97 bits per heavy atom. The second-order valence-electron chi connectivity index (χ2n) is 7.33. The summed E-state index contributed by atoms with van der Waals surface area (Å²) in [6, 6.07) is 12.0. The molecule has 160 valence electrons. The monoisotopic (exact) mass is 430 g/mol. The van der Waals surface area contributed by atoms with Crippen LogP contribution in [-0.4, -0.2) is 34.7 Å². The number of aromatic nitrogens is 1. The molecule has 4 rings (SSSR count). The number of aryl methyl sites for hydroxylation is 1. The SMILES string of the molecule is Cc1ccc2c(N=CC(O)(CC3=CCOc4ccc(F)cc43)C(F)(F)F)cccc2n1. The van der Waals surface area contributed by atoms with Gasteiger partial charge in [0.25, 0.3) is 0 Å². The lowest BCUT2D eigenvalue weighted by molar-refractivity contribution is -0.226. The molecule has 0 bridgehead atoms. The summed E-state index contributed by atoms with van der Waals surface area (Å²) in [5, 5.41) is 11.2. The van der Waals surface area contributed by atoms with Gasteiger partial charge in [-0.2, -0.15) is 13.2 Å². The molecular formula is C23H18F4N2O2. The first kappa shape index (κ1) is 21.0. The van der Waals surface area contributed by atoms with E-state index >= 15 is 0 Å². The van der Waals surface area contributed by atoms with Crippen LogP contribution in [0.4, 0.5) is 23.2 Å². The summed E-state index contributed by atoms with van der Waals surface area (Å²) in [7, 11) is 0. The van der Waals surface area contributed by atoms with E-state index in [1.165, 1.54) is 12.1 Å². The first-order valence-electron chi connectivity index (χ1n) is 9.49. The number of hydrogen-bond acceptors (Lipinski definition) is 4. The van der Waals surface area contributed by atoms with Crippen LogP contribution < -0.4 is 4.74 Å². The predicted octanol–water partition coefficient (Wildman–Crippen LogP) is 5.54. The van der Waals surface area contributed by atoms with Crippen molar-refractivity contribution in [2.75, 3.05) is 6.61 Å². The number of aliphatic hydroxyl groups is 1. The smallest absolute Gasteiger partial charge is 0.422 e. The Labute approximate surface area is 175 Å². The predicted molar refractivity (Wildman–Crippen MR) is 110 cm³/mol. The number of nitrogens with zero attached hydrogens (tertiary/aromatic N) is 2. The van der Waals surface area contributed by atoms with Crippen LogP contribution in [0, 0.1) is 12.7 Å². The lowest BCUT2D eigenvalue weighted by atomic mass is 9.89. The molecule has 1 aromatic heterocycles. The topological polar surface area (TPSA) is 54.7 Å². The van der Waals surface area contributed by atoms with Crippen LogP contribution in [0.1, 0.15) is 17.7 Å². The minimum absolute atomic E-state index is 0.0212. The molecule has 0 saturated heterocycles. The zero-order chi connectivity index (χ0) is 22.2. The van der Waals surface area contributed by atoms with Crippen molar-refractivity contribution >= 4 is 28.4 Å². The van der Waals surface area contributed by atoms with E-state index in [-0.39, 0.29) is 29.2 Å². The Bertz CT molecular complexity index is 1200. The third-order valence-electron chi connectivity index (χ3n) is 5.07. The summed E-state index contributed by atoms with van der Waals surface area (Å²) in [5.41, 5.74) is -1.37. The van der Waals surface area contributed by atoms with Crippen molar-refractivity contribution in [3.05, 3.63) is 71.7 Å². The number of benzene rings is 2. The number of alkyl halides is 3. The molecule has 2 aromatic carbocycles. The molecule has 4 nitrogen and oxygen atoms in total. The molecule has 0 aliphatic carbocycles. The number of fused-ring (bicyclic) bond motifs is 2. The molecule has 31 heavy (non-hydrogen) atoms. The van der Waals surface area contributed by atoms with Gasteiger partial charge >= 0.3 is 6.18 Å². The number of ether oxygens (including phenoxy) is 1. The van der Waals surface area contributed by atoms with Gasteiger partial charge in [0.15, 0.2) is 5.60 Å². The lowest BCUT2D eigenvalue weighted by Crippen LogP contribution is -2.47. The fraction of sp³-hybridized carbons (Fsp3) is 0.217. The molecule has 8 heteroatoms. The average molecular weight is 430 g/mol. The minimum atomic E-state index is -5.01. The highest BCUT2D eigenvalue weighted by atomic mass is 19.4. The maximum absolute atomic E-state index is 13.9. The molecule has 1 aliphatic heterocycles. The van der Waals surface area contributed by atoms with Gasteiger partial charge in [0.05, 0.1) is 11.2 Å². The number of rotatable bonds is 4. The van der Waals surface area contributed by atoms with Gasteiger partial charge in [-0.25, -0.2) is 4.39 Å². The van der Waals surface area contributed by atoms with Crippen LogP contribution in [0.3, 0.4) is 0 Å². The Morgan fingerprint density at radius 1 is 1.16 bits per heavy atom. The molecule has 1 unspecified atom stereocenters. The van der Waals surface area contributed by atoms with Gasteiger partial charge in [-0.05, 0) is 61.0 Å². The van der Waals surface area contributed by atoms with Gasteiger partial charge in [0.1, 0.15) is 18.2 Å². The van der Waals surface area contributed by atoms with Crippen LogP contribution in [0.25, 0.3) is 16.5 Å². The van der Waals surface area contributed by atoms with Gasteiger partial charge in [-0.1, -0.05) is 6.07 Å². The summed E-state index contributed by atoms with van der Waals surface area (Å²) in [5.74, 6) is -0.353. The molecule has 0 radical (unpaired) electrons. The highest BCUT2D eigenvalue weighted by Gasteiger charge is 2.53. The van der Waals surface area contributed by atoms with E-state index in [4.69, 9.17) is 4.74 Å². The second-order valence-corrected chi connectivity index (χ2v) is 7.33. The Kier molecular flexibility index (Phi) is 5.26. The van der Waals surface area contributed by atoms with E-state index in [9.17, 15) is 22.7 Å². The number of halogens is 4. The molecule has 0 spiro atoms. The highest BCUT2D eigenvalue weighted by Crippen LogP contribution is 2.41. The average Bonchev–Trinajstić information content (AvgIpc) is 2.71. The maximum atomic E-state index is 13.9. The zero-order valence-electron chi connectivity index (χ0n) is 16.4. The molecule has 1 atom stereocenters. The zero-order valence-corrected chi connectivity index (χ0v) is 16.4. The van der Waals surface area contributed by atoms with E-state index < -0.39 is 24.0 Å². The van der Waals surface area contributed by atoms with Gasteiger partial charge in [0.2, 0.25) is 0 Å². The van der Waals surface area contributed by atoms with Crippen molar-refractivity contribution in [1.29, 1.82) is 0 Å². The Balaban J connectivity index is 1.72.